The molecule has 41 heavy (non-hydrogen) atoms. The van der Waals surface area contributed by atoms with E-state index < -0.39 is 17.5 Å². The molecule has 0 aliphatic carbocycles. The Hall–Kier alpha value is -3.75. The quantitative estimate of drug-likeness (QED) is 0.209. The van der Waals surface area contributed by atoms with E-state index in [0.29, 0.717) is 6.61 Å². The first-order chi connectivity index (χ1) is 19.9. The summed E-state index contributed by atoms with van der Waals surface area (Å²) in [5.41, 5.74) is 1.14. The average molecular weight is 560 g/mol. The van der Waals surface area contributed by atoms with Gasteiger partial charge in [0.1, 0.15) is 18.0 Å². The number of hydrogen-bond acceptors (Lipinski definition) is 5. The molecular weight excluding hydrogens is 527 g/mol. The predicted octanol–water partition coefficient (Wildman–Crippen LogP) is 6.88. The van der Waals surface area contributed by atoms with Gasteiger partial charge >= 0.3 is 6.18 Å². The second-order valence-electron chi connectivity index (χ2n) is 10.9. The van der Waals surface area contributed by atoms with Crippen molar-refractivity contribution in [2.24, 2.45) is 0 Å². The van der Waals surface area contributed by atoms with Crippen LogP contribution in [0.4, 0.5) is 13.2 Å². The van der Waals surface area contributed by atoms with Gasteiger partial charge in [0.25, 0.3) is 0 Å². The van der Waals surface area contributed by atoms with Crippen molar-refractivity contribution >= 4 is 0 Å². The number of halogens is 3. The lowest BCUT2D eigenvalue weighted by Gasteiger charge is -2.41. The van der Waals surface area contributed by atoms with Gasteiger partial charge < -0.3 is 9.47 Å². The summed E-state index contributed by atoms with van der Waals surface area (Å²) >= 11 is 0. The first-order valence-corrected chi connectivity index (χ1v) is 14.0. The smallest absolute Gasteiger partial charge is 0.435 e. The van der Waals surface area contributed by atoms with E-state index in [1.165, 1.54) is 6.20 Å². The molecule has 3 heterocycles. The summed E-state index contributed by atoms with van der Waals surface area (Å²) in [7, 11) is 0. The number of ether oxygens (including phenoxy) is 2. The van der Waals surface area contributed by atoms with Crippen molar-refractivity contribution in [1.82, 2.24) is 15.1 Å². The molecule has 0 unspecified atom stereocenters. The predicted molar refractivity (Wildman–Crippen MR) is 149 cm³/mol. The van der Waals surface area contributed by atoms with Crippen molar-refractivity contribution in [3.05, 3.63) is 126 Å². The van der Waals surface area contributed by atoms with E-state index in [9.17, 15) is 13.2 Å². The van der Waals surface area contributed by atoms with Crippen molar-refractivity contribution in [2.75, 3.05) is 19.8 Å². The van der Waals surface area contributed by atoms with Crippen LogP contribution in [-0.2, 0) is 16.5 Å². The summed E-state index contributed by atoms with van der Waals surface area (Å²) in [5.74, 6) is 0.0801. The van der Waals surface area contributed by atoms with Gasteiger partial charge in [-0.15, -0.1) is 5.10 Å². The van der Waals surface area contributed by atoms with Gasteiger partial charge in [-0.1, -0.05) is 91.0 Å². The lowest BCUT2D eigenvalue weighted by atomic mass is 9.79. The molecular formula is C33H32F3N3O2. The number of hydrogen-bond donors (Lipinski definition) is 0. The molecule has 0 N–H and O–H groups in total. The third kappa shape index (κ3) is 5.34. The monoisotopic (exact) mass is 559 g/mol. The molecule has 212 valence electrons. The van der Waals surface area contributed by atoms with E-state index in [1.807, 2.05) is 54.6 Å². The van der Waals surface area contributed by atoms with Crippen LogP contribution in [0.15, 0.2) is 103 Å². The zero-order chi connectivity index (χ0) is 28.3. The molecule has 2 fully saturated rings. The Kier molecular flexibility index (Phi) is 7.53. The van der Waals surface area contributed by atoms with E-state index in [4.69, 9.17) is 9.47 Å². The maximum Gasteiger partial charge on any atom is 0.435 e. The largest absolute Gasteiger partial charge is 0.490 e. The molecule has 0 radical (unpaired) electrons. The van der Waals surface area contributed by atoms with Gasteiger partial charge in [0, 0.05) is 17.6 Å². The van der Waals surface area contributed by atoms with E-state index >= 15 is 0 Å². The Balaban J connectivity index is 1.27. The topological polar surface area (TPSA) is 47.5 Å². The standard InChI is InChI=1S/C33H32F3N3O2/c34-33(35,36)30-21-29(22-37-38-30)40-23-28-17-19-31(18-10-20-39(28)31)24-41-32(25-11-4-1-5-12-25,26-13-6-2-7-14-26)27-15-8-3-9-16-27/h1-9,11-16,21-22,28H,10,17-20,23-24H2/t28-,31-/m0/s1. The van der Waals surface area contributed by atoms with Crippen LogP contribution in [0.1, 0.15) is 48.1 Å². The van der Waals surface area contributed by atoms with Gasteiger partial charge in [-0.3, -0.25) is 4.90 Å². The zero-order valence-corrected chi connectivity index (χ0v) is 22.6. The SMILES string of the molecule is FC(F)(F)c1cc(OC[C@@H]2CC[C@]3(COC(c4ccccc4)(c4ccccc4)c4ccccc4)CCCN23)cnn1. The third-order valence-corrected chi connectivity index (χ3v) is 8.49. The van der Waals surface area contributed by atoms with Gasteiger partial charge in [0.2, 0.25) is 0 Å². The molecule has 2 aliphatic heterocycles. The van der Waals surface area contributed by atoms with Gasteiger partial charge in [0.05, 0.1) is 12.8 Å². The van der Waals surface area contributed by atoms with Crippen LogP contribution < -0.4 is 4.74 Å². The molecule has 0 saturated carbocycles. The minimum Gasteiger partial charge on any atom is -0.490 e. The van der Waals surface area contributed by atoms with Crippen molar-refractivity contribution in [3.8, 4) is 5.75 Å². The Bertz CT molecular complexity index is 1340. The first kappa shape index (κ1) is 27.4. The number of rotatable bonds is 9. The highest BCUT2D eigenvalue weighted by Gasteiger charge is 2.51. The van der Waals surface area contributed by atoms with E-state index in [-0.39, 0.29) is 23.9 Å². The van der Waals surface area contributed by atoms with Crippen molar-refractivity contribution in [2.45, 2.75) is 49.0 Å². The summed E-state index contributed by atoms with van der Waals surface area (Å²) in [6.45, 7) is 1.69. The van der Waals surface area contributed by atoms with E-state index in [2.05, 4.69) is 51.5 Å². The Morgan fingerprint density at radius 1 is 0.829 bits per heavy atom. The van der Waals surface area contributed by atoms with Crippen LogP contribution >= 0.6 is 0 Å². The Morgan fingerprint density at radius 3 is 1.98 bits per heavy atom. The minimum atomic E-state index is -4.57. The van der Waals surface area contributed by atoms with Crippen LogP contribution in [0.2, 0.25) is 0 Å². The molecule has 0 spiro atoms. The molecule has 4 aromatic rings. The number of benzene rings is 3. The molecule has 8 heteroatoms. The normalized spacial score (nSPS) is 21.1. The van der Waals surface area contributed by atoms with Crippen LogP contribution in [0.5, 0.6) is 5.75 Å². The van der Waals surface area contributed by atoms with Crippen molar-refractivity contribution < 1.29 is 22.6 Å². The van der Waals surface area contributed by atoms with Crippen LogP contribution in [0, 0.1) is 0 Å². The summed E-state index contributed by atoms with van der Waals surface area (Å²) in [5, 5.41) is 6.69. The average Bonchev–Trinajstić information content (AvgIpc) is 3.57. The van der Waals surface area contributed by atoms with Gasteiger partial charge in [-0.25, -0.2) is 0 Å². The summed E-state index contributed by atoms with van der Waals surface area (Å²) in [6, 6.07) is 32.0. The molecule has 3 aromatic carbocycles. The highest BCUT2D eigenvalue weighted by molar-refractivity contribution is 5.47. The lowest BCUT2D eigenvalue weighted by Crippen LogP contribution is -2.49. The lowest BCUT2D eigenvalue weighted by molar-refractivity contribution is -0.141. The summed E-state index contributed by atoms with van der Waals surface area (Å²) < 4.78 is 52.4. The van der Waals surface area contributed by atoms with Crippen LogP contribution in [0.25, 0.3) is 0 Å². The molecule has 2 saturated heterocycles. The second kappa shape index (κ2) is 11.3. The number of alkyl halides is 3. The fourth-order valence-corrected chi connectivity index (χ4v) is 6.56. The Morgan fingerprint density at radius 2 is 1.41 bits per heavy atom. The second-order valence-corrected chi connectivity index (χ2v) is 10.9. The third-order valence-electron chi connectivity index (χ3n) is 8.49. The summed E-state index contributed by atoms with van der Waals surface area (Å²) in [4.78, 5) is 2.46. The van der Waals surface area contributed by atoms with Crippen molar-refractivity contribution in [3.63, 3.8) is 0 Å². The van der Waals surface area contributed by atoms with E-state index in [1.54, 1.807) is 0 Å². The van der Waals surface area contributed by atoms with Crippen LogP contribution in [0.3, 0.4) is 0 Å². The van der Waals surface area contributed by atoms with Crippen LogP contribution in [-0.4, -0.2) is 46.4 Å². The Labute approximate surface area is 237 Å². The molecule has 0 bridgehead atoms. The zero-order valence-electron chi connectivity index (χ0n) is 22.6. The number of fused-ring (bicyclic) bond motifs is 1. The maximum absolute atomic E-state index is 13.1. The van der Waals surface area contributed by atoms with Gasteiger partial charge in [-0.05, 0) is 48.9 Å². The molecule has 2 aliphatic rings. The summed E-state index contributed by atoms with van der Waals surface area (Å²) in [6.07, 6.45) is 0.500. The molecule has 0 amide bonds. The van der Waals surface area contributed by atoms with Gasteiger partial charge in [-0.2, -0.15) is 18.3 Å². The number of aromatic nitrogens is 2. The molecule has 1 aromatic heterocycles. The van der Waals surface area contributed by atoms with Gasteiger partial charge in [0.15, 0.2) is 5.69 Å². The maximum atomic E-state index is 13.1. The highest BCUT2D eigenvalue weighted by Crippen LogP contribution is 2.47. The number of nitrogens with zero attached hydrogens (tertiary/aromatic N) is 3. The fourth-order valence-electron chi connectivity index (χ4n) is 6.56. The molecule has 6 rings (SSSR count). The minimum absolute atomic E-state index is 0.0724. The molecule has 2 atom stereocenters. The first-order valence-electron chi connectivity index (χ1n) is 14.0. The van der Waals surface area contributed by atoms with Crippen molar-refractivity contribution in [1.29, 1.82) is 0 Å². The molecule has 5 nitrogen and oxygen atoms in total. The highest BCUT2D eigenvalue weighted by atomic mass is 19.4. The van der Waals surface area contributed by atoms with E-state index in [0.717, 1.165) is 55.0 Å². The fraction of sp³-hybridized carbons (Fsp3) is 0.333.